The molecule has 0 radical (unpaired) electrons. The number of thioether (sulfide) groups is 1. The minimum absolute atomic E-state index is 0.200. The van der Waals surface area contributed by atoms with Crippen LogP contribution in [0.5, 0.6) is 5.75 Å². The number of fused-ring (bicyclic) bond motifs is 1. The number of para-hydroxylation sites is 2. The van der Waals surface area contributed by atoms with Crippen LogP contribution in [0.1, 0.15) is 36.8 Å². The largest absolute Gasteiger partial charge is 0.466 e. The molecule has 0 bridgehead atoms. The van der Waals surface area contributed by atoms with E-state index in [1.807, 2.05) is 60.5 Å². The second-order valence-electron chi connectivity index (χ2n) is 7.88. The summed E-state index contributed by atoms with van der Waals surface area (Å²) in [6.45, 7) is 4.25. The molecule has 2 aliphatic heterocycles. The van der Waals surface area contributed by atoms with Gasteiger partial charge in [-0.25, -0.2) is 9.59 Å². The zero-order chi connectivity index (χ0) is 23.0. The van der Waals surface area contributed by atoms with Gasteiger partial charge in [0.25, 0.3) is 0 Å². The number of esters is 2. The van der Waals surface area contributed by atoms with Gasteiger partial charge in [-0.2, -0.15) is 0 Å². The molecule has 0 N–H and O–H groups in total. The van der Waals surface area contributed by atoms with Gasteiger partial charge in [0.15, 0.2) is 5.75 Å². The van der Waals surface area contributed by atoms with Gasteiger partial charge in [-0.1, -0.05) is 62.0 Å². The van der Waals surface area contributed by atoms with E-state index in [-0.39, 0.29) is 10.5 Å². The van der Waals surface area contributed by atoms with Crippen LogP contribution in [0.25, 0.3) is 0 Å². The molecule has 1 unspecified atom stereocenters. The molecule has 2 aromatic rings. The second kappa shape index (κ2) is 8.74. The number of nitrogens with zero attached hydrogens (tertiary/aromatic N) is 1. The van der Waals surface area contributed by atoms with E-state index in [9.17, 15) is 9.59 Å². The van der Waals surface area contributed by atoms with E-state index in [1.165, 1.54) is 19.8 Å². The second-order valence-corrected chi connectivity index (χ2v) is 8.88. The number of carbonyl (C=O) groups is 2. The molecule has 0 fully saturated rings. The van der Waals surface area contributed by atoms with Crippen LogP contribution in [0.2, 0.25) is 0 Å². The van der Waals surface area contributed by atoms with Gasteiger partial charge in [-0.15, -0.1) is 0 Å². The summed E-state index contributed by atoms with van der Waals surface area (Å²) in [6, 6.07) is 15.7. The van der Waals surface area contributed by atoms with Gasteiger partial charge in [-0.3, -0.25) is 0 Å². The van der Waals surface area contributed by atoms with Crippen LogP contribution >= 0.6 is 11.8 Å². The summed E-state index contributed by atoms with van der Waals surface area (Å²) < 4.78 is 16.5. The predicted molar refractivity (Wildman–Crippen MR) is 124 cm³/mol. The Morgan fingerprint density at radius 1 is 1.00 bits per heavy atom. The van der Waals surface area contributed by atoms with Gasteiger partial charge in [0.05, 0.1) is 31.4 Å². The quantitative estimate of drug-likeness (QED) is 0.610. The number of rotatable bonds is 4. The van der Waals surface area contributed by atoms with Gasteiger partial charge < -0.3 is 19.1 Å². The smallest absolute Gasteiger partial charge is 0.345 e. The lowest BCUT2D eigenvalue weighted by atomic mass is 9.86. The molecule has 0 aromatic heterocycles. The average molecular weight is 452 g/mol. The number of carbonyl (C=O) groups excluding carboxylic acids is 2. The van der Waals surface area contributed by atoms with Gasteiger partial charge in [0.2, 0.25) is 0 Å². The maximum Gasteiger partial charge on any atom is 0.345 e. The molecule has 1 atom stereocenters. The van der Waals surface area contributed by atoms with Gasteiger partial charge >= 0.3 is 11.9 Å². The lowest BCUT2D eigenvalue weighted by Gasteiger charge is -2.38. The molecule has 2 aliphatic rings. The number of methoxy groups -OCH3 is 2. The SMILES string of the molecule is COC(=O)C1=C(C(=O)OC)C(c2ccc(C(C)C)cc2)C2=C(S1)N(C)c1ccccc1O2. The van der Waals surface area contributed by atoms with Crippen LogP contribution in [-0.4, -0.2) is 33.2 Å². The number of ether oxygens (including phenoxy) is 3. The molecule has 4 rings (SSSR count). The highest BCUT2D eigenvalue weighted by atomic mass is 32.2. The Balaban J connectivity index is 1.94. The summed E-state index contributed by atoms with van der Waals surface area (Å²) in [5.74, 6) is -0.160. The molecule has 0 saturated carbocycles. The zero-order valence-corrected chi connectivity index (χ0v) is 19.5. The highest BCUT2D eigenvalue weighted by molar-refractivity contribution is 8.07. The standard InChI is InChI=1S/C25H25NO5S/c1-14(2)15-10-12-16(13-11-15)19-20(24(27)29-4)22(25(28)30-5)32-23-21(19)31-18-9-7-6-8-17(18)26(23)3/h6-14,19H,1-5H3. The van der Waals surface area contributed by atoms with Gasteiger partial charge in [0.1, 0.15) is 15.7 Å². The third-order valence-electron chi connectivity index (χ3n) is 5.67. The lowest BCUT2D eigenvalue weighted by Crippen LogP contribution is -2.32. The number of benzene rings is 2. The summed E-state index contributed by atoms with van der Waals surface area (Å²) in [7, 11) is 4.53. The number of hydrogen-bond donors (Lipinski definition) is 0. The molecule has 32 heavy (non-hydrogen) atoms. The summed E-state index contributed by atoms with van der Waals surface area (Å²) in [5, 5.41) is 0.731. The molecular weight excluding hydrogens is 426 g/mol. The van der Waals surface area contributed by atoms with Crippen molar-refractivity contribution in [1.29, 1.82) is 0 Å². The minimum atomic E-state index is -0.621. The van der Waals surface area contributed by atoms with E-state index in [1.54, 1.807) is 0 Å². The maximum atomic E-state index is 13.0. The van der Waals surface area contributed by atoms with Crippen molar-refractivity contribution in [2.75, 3.05) is 26.2 Å². The van der Waals surface area contributed by atoms with Crippen LogP contribution in [-0.2, 0) is 19.1 Å². The highest BCUT2D eigenvalue weighted by Crippen LogP contribution is 2.53. The summed E-state index contributed by atoms with van der Waals surface area (Å²) >= 11 is 1.16. The Morgan fingerprint density at radius 3 is 2.28 bits per heavy atom. The number of anilines is 1. The van der Waals surface area contributed by atoms with Crippen molar-refractivity contribution >= 4 is 29.4 Å². The molecule has 7 heteroatoms. The van der Waals surface area contributed by atoms with E-state index in [4.69, 9.17) is 14.2 Å². The van der Waals surface area contributed by atoms with E-state index in [2.05, 4.69) is 13.8 Å². The molecule has 2 aromatic carbocycles. The van der Waals surface area contributed by atoms with Crippen molar-refractivity contribution in [3.05, 3.63) is 80.9 Å². The third kappa shape index (κ3) is 3.66. The normalized spacial score (nSPS) is 17.6. The van der Waals surface area contributed by atoms with Crippen molar-refractivity contribution in [3.8, 4) is 5.75 Å². The molecule has 2 heterocycles. The molecule has 0 aliphatic carbocycles. The lowest BCUT2D eigenvalue weighted by molar-refractivity contribution is -0.139. The fourth-order valence-corrected chi connectivity index (χ4v) is 5.10. The van der Waals surface area contributed by atoms with E-state index < -0.39 is 17.9 Å². The Kier molecular flexibility index (Phi) is 6.02. The van der Waals surface area contributed by atoms with Crippen LogP contribution in [0.15, 0.2) is 69.8 Å². The minimum Gasteiger partial charge on any atom is -0.466 e. The monoisotopic (exact) mass is 451 g/mol. The van der Waals surface area contributed by atoms with Gasteiger partial charge in [-0.05, 0) is 29.2 Å². The van der Waals surface area contributed by atoms with Crippen molar-refractivity contribution in [1.82, 2.24) is 0 Å². The first-order valence-electron chi connectivity index (χ1n) is 10.3. The fraction of sp³-hybridized carbons (Fsp3) is 0.280. The van der Waals surface area contributed by atoms with Crippen LogP contribution < -0.4 is 9.64 Å². The molecular formula is C25H25NO5S. The number of allylic oxidation sites excluding steroid dienone is 1. The molecule has 166 valence electrons. The van der Waals surface area contributed by atoms with Crippen LogP contribution in [0, 0.1) is 0 Å². The third-order valence-corrected chi connectivity index (χ3v) is 6.93. The molecule has 6 nitrogen and oxygen atoms in total. The Labute approximate surface area is 191 Å². The molecule has 0 saturated heterocycles. The average Bonchev–Trinajstić information content (AvgIpc) is 2.82. The summed E-state index contributed by atoms with van der Waals surface area (Å²) in [4.78, 5) is 27.9. The van der Waals surface area contributed by atoms with Crippen molar-refractivity contribution in [3.63, 3.8) is 0 Å². The van der Waals surface area contributed by atoms with Crippen molar-refractivity contribution < 1.29 is 23.8 Å². The van der Waals surface area contributed by atoms with E-state index in [0.29, 0.717) is 17.4 Å². The Morgan fingerprint density at radius 2 is 1.66 bits per heavy atom. The predicted octanol–water partition coefficient (Wildman–Crippen LogP) is 4.94. The number of hydrogen-bond acceptors (Lipinski definition) is 7. The van der Waals surface area contributed by atoms with Crippen molar-refractivity contribution in [2.24, 2.45) is 0 Å². The van der Waals surface area contributed by atoms with Gasteiger partial charge in [0, 0.05) is 7.05 Å². The summed E-state index contributed by atoms with van der Waals surface area (Å²) in [6.07, 6.45) is 0. The van der Waals surface area contributed by atoms with Crippen molar-refractivity contribution in [2.45, 2.75) is 25.7 Å². The van der Waals surface area contributed by atoms with Crippen LogP contribution in [0.4, 0.5) is 5.69 Å². The first kappa shape index (κ1) is 22.0. The highest BCUT2D eigenvalue weighted by Gasteiger charge is 2.44. The van der Waals surface area contributed by atoms with Crippen LogP contribution in [0.3, 0.4) is 0 Å². The maximum absolute atomic E-state index is 13.0. The molecule has 0 spiro atoms. The first-order chi connectivity index (χ1) is 15.4. The first-order valence-corrected chi connectivity index (χ1v) is 11.1. The Hall–Kier alpha value is -3.19. The van der Waals surface area contributed by atoms with E-state index >= 15 is 0 Å². The topological polar surface area (TPSA) is 65.1 Å². The van der Waals surface area contributed by atoms with E-state index in [0.717, 1.165) is 28.0 Å². The Bertz CT molecular complexity index is 1130. The molecule has 0 amide bonds. The zero-order valence-electron chi connectivity index (χ0n) is 18.7. The summed E-state index contributed by atoms with van der Waals surface area (Å²) in [5.41, 5.74) is 3.10. The fourth-order valence-electron chi connectivity index (χ4n) is 3.93.